The monoisotopic (exact) mass is 517 g/mol. The number of aliphatic hydroxyl groups excluding tert-OH is 2. The Bertz CT molecular complexity index is 1290. The molecule has 0 saturated carbocycles. The number of aliphatic hydroxyl groups is 2. The van der Waals surface area contributed by atoms with Crippen LogP contribution in [0.3, 0.4) is 0 Å². The Kier molecular flexibility index (Phi) is 7.32. The van der Waals surface area contributed by atoms with Crippen LogP contribution in [0.15, 0.2) is 48.7 Å². The topological polar surface area (TPSA) is 121 Å². The first kappa shape index (κ1) is 26.3. The number of rotatable bonds is 6. The van der Waals surface area contributed by atoms with Crippen LogP contribution in [-0.4, -0.2) is 57.1 Å². The van der Waals surface area contributed by atoms with E-state index < -0.39 is 30.5 Å². The van der Waals surface area contributed by atoms with Crippen LogP contribution in [0, 0.1) is 0 Å². The van der Waals surface area contributed by atoms with Crippen molar-refractivity contribution < 1.29 is 32.9 Å². The third-order valence-corrected chi connectivity index (χ3v) is 6.04. The molecule has 4 rings (SSSR count). The summed E-state index contributed by atoms with van der Waals surface area (Å²) in [6.07, 6.45) is -3.60. The molecule has 2 amide bonds. The SMILES string of the molecule is CC1(C)CCN(C(=O)Nc2ccnc(OC[C@H](O)CO)n2)c2nc(-c3cccc(C(F)(F)F)c3)ccc21. The zero-order valence-electron chi connectivity index (χ0n) is 20.2. The van der Waals surface area contributed by atoms with Crippen molar-refractivity contribution >= 4 is 17.7 Å². The van der Waals surface area contributed by atoms with Gasteiger partial charge in [0.15, 0.2) is 0 Å². The molecule has 0 unspecified atom stereocenters. The highest BCUT2D eigenvalue weighted by molar-refractivity contribution is 6.01. The molecule has 0 saturated heterocycles. The van der Waals surface area contributed by atoms with E-state index in [1.165, 1.54) is 23.2 Å². The predicted octanol–water partition coefficient (Wildman–Crippen LogP) is 4.01. The number of fused-ring (bicyclic) bond motifs is 1. The summed E-state index contributed by atoms with van der Waals surface area (Å²) in [6.45, 7) is 3.63. The quantitative estimate of drug-likeness (QED) is 0.452. The molecule has 0 aliphatic carbocycles. The highest BCUT2D eigenvalue weighted by atomic mass is 19.4. The molecular formula is C25H26F3N5O4. The van der Waals surface area contributed by atoms with E-state index in [-0.39, 0.29) is 29.4 Å². The molecule has 12 heteroatoms. The molecular weight excluding hydrogens is 491 g/mol. The highest BCUT2D eigenvalue weighted by Crippen LogP contribution is 2.40. The summed E-state index contributed by atoms with van der Waals surface area (Å²) in [5.74, 6) is 0.481. The fourth-order valence-corrected chi connectivity index (χ4v) is 3.91. The predicted molar refractivity (Wildman–Crippen MR) is 129 cm³/mol. The van der Waals surface area contributed by atoms with Crippen LogP contribution in [0.4, 0.5) is 29.6 Å². The van der Waals surface area contributed by atoms with Crippen LogP contribution in [0.25, 0.3) is 11.3 Å². The lowest BCUT2D eigenvalue weighted by Gasteiger charge is -2.38. The van der Waals surface area contributed by atoms with Crippen molar-refractivity contribution in [3.63, 3.8) is 0 Å². The number of carbonyl (C=O) groups excluding carboxylic acids is 1. The van der Waals surface area contributed by atoms with Gasteiger partial charge in [0, 0.05) is 23.9 Å². The number of benzene rings is 1. The molecule has 0 spiro atoms. The van der Waals surface area contributed by atoms with E-state index in [1.807, 2.05) is 13.8 Å². The number of urea groups is 1. The first-order valence-electron chi connectivity index (χ1n) is 11.5. The third kappa shape index (κ3) is 5.97. The van der Waals surface area contributed by atoms with E-state index in [1.54, 1.807) is 18.2 Å². The highest BCUT2D eigenvalue weighted by Gasteiger charge is 2.36. The van der Waals surface area contributed by atoms with Gasteiger partial charge in [-0.25, -0.2) is 14.8 Å². The normalized spacial score (nSPS) is 15.6. The molecule has 3 N–H and O–H groups in total. The lowest BCUT2D eigenvalue weighted by Crippen LogP contribution is -2.44. The largest absolute Gasteiger partial charge is 0.461 e. The van der Waals surface area contributed by atoms with Crippen molar-refractivity contribution in [1.82, 2.24) is 15.0 Å². The van der Waals surface area contributed by atoms with Crippen molar-refractivity contribution in [2.75, 3.05) is 30.0 Å². The molecule has 0 fully saturated rings. The summed E-state index contributed by atoms with van der Waals surface area (Å²) in [5.41, 5.74) is 0.279. The van der Waals surface area contributed by atoms with Gasteiger partial charge in [-0.15, -0.1) is 0 Å². The fourth-order valence-electron chi connectivity index (χ4n) is 3.91. The van der Waals surface area contributed by atoms with E-state index in [4.69, 9.17) is 9.84 Å². The summed E-state index contributed by atoms with van der Waals surface area (Å²) >= 11 is 0. The smallest absolute Gasteiger partial charge is 0.416 e. The van der Waals surface area contributed by atoms with Gasteiger partial charge in [0.1, 0.15) is 24.3 Å². The number of halogens is 3. The van der Waals surface area contributed by atoms with E-state index in [2.05, 4.69) is 20.3 Å². The first-order valence-corrected chi connectivity index (χ1v) is 11.5. The number of aromatic nitrogens is 3. The molecule has 2 aromatic heterocycles. The average Bonchev–Trinajstić information content (AvgIpc) is 2.86. The first-order chi connectivity index (χ1) is 17.5. The number of amides is 2. The van der Waals surface area contributed by atoms with Crippen LogP contribution in [0.1, 0.15) is 31.4 Å². The summed E-state index contributed by atoms with van der Waals surface area (Å²) in [5, 5.41) is 21.0. The van der Waals surface area contributed by atoms with Gasteiger partial charge in [0.2, 0.25) is 0 Å². The molecule has 196 valence electrons. The van der Waals surface area contributed by atoms with Crippen molar-refractivity contribution in [2.24, 2.45) is 0 Å². The number of ether oxygens (including phenoxy) is 1. The maximum atomic E-state index is 13.3. The Morgan fingerprint density at radius 3 is 2.73 bits per heavy atom. The minimum absolute atomic E-state index is 0.101. The molecule has 3 heterocycles. The molecule has 0 bridgehead atoms. The molecule has 1 atom stereocenters. The lowest BCUT2D eigenvalue weighted by atomic mass is 9.79. The second-order valence-electron chi connectivity index (χ2n) is 9.23. The van der Waals surface area contributed by atoms with Crippen LogP contribution in [0.2, 0.25) is 0 Å². The van der Waals surface area contributed by atoms with Gasteiger partial charge in [0.05, 0.1) is 17.9 Å². The zero-order chi connectivity index (χ0) is 26.8. The lowest BCUT2D eigenvalue weighted by molar-refractivity contribution is -0.137. The van der Waals surface area contributed by atoms with Crippen molar-refractivity contribution in [2.45, 2.75) is 38.0 Å². The number of nitrogens with zero attached hydrogens (tertiary/aromatic N) is 4. The second-order valence-corrected chi connectivity index (χ2v) is 9.23. The number of nitrogens with one attached hydrogen (secondary N) is 1. The van der Waals surface area contributed by atoms with Gasteiger partial charge >= 0.3 is 18.2 Å². The third-order valence-electron chi connectivity index (χ3n) is 6.04. The van der Waals surface area contributed by atoms with Crippen molar-refractivity contribution in [3.8, 4) is 17.3 Å². The standard InChI is InChI=1S/C25H26F3N5O4/c1-24(2)9-11-33(23(36)32-20-8-10-29-22(31-20)37-14-17(35)13-34)21-18(24)6-7-19(30-21)15-4-3-5-16(12-15)25(26,27)28/h3-8,10,12,17,34-35H,9,11,13-14H2,1-2H3,(H,29,31,32,36)/t17-/m1/s1. The van der Waals surface area contributed by atoms with E-state index in [9.17, 15) is 23.1 Å². The number of hydrogen-bond acceptors (Lipinski definition) is 7. The molecule has 1 aromatic carbocycles. The van der Waals surface area contributed by atoms with Crippen LogP contribution in [0.5, 0.6) is 6.01 Å². The maximum Gasteiger partial charge on any atom is 0.416 e. The zero-order valence-corrected chi connectivity index (χ0v) is 20.2. The Hall–Kier alpha value is -3.77. The fraction of sp³-hybridized carbons (Fsp3) is 0.360. The van der Waals surface area contributed by atoms with Gasteiger partial charge in [0.25, 0.3) is 0 Å². The minimum Gasteiger partial charge on any atom is -0.461 e. The van der Waals surface area contributed by atoms with E-state index in [0.717, 1.165) is 17.7 Å². The number of pyridine rings is 1. The summed E-state index contributed by atoms with van der Waals surface area (Å²) < 4.78 is 44.9. The molecule has 9 nitrogen and oxygen atoms in total. The molecule has 1 aliphatic rings. The van der Waals surface area contributed by atoms with Gasteiger partial charge in [-0.2, -0.15) is 18.2 Å². The average molecular weight is 518 g/mol. The minimum atomic E-state index is -4.49. The van der Waals surface area contributed by atoms with Crippen molar-refractivity contribution in [3.05, 3.63) is 59.8 Å². The summed E-state index contributed by atoms with van der Waals surface area (Å²) in [7, 11) is 0. The molecule has 0 radical (unpaired) electrons. The molecule has 3 aromatic rings. The number of alkyl halides is 3. The maximum absolute atomic E-state index is 13.3. The Morgan fingerprint density at radius 1 is 1.22 bits per heavy atom. The number of anilines is 2. The summed E-state index contributed by atoms with van der Waals surface area (Å²) in [6, 6.07) is 9.15. The van der Waals surface area contributed by atoms with Crippen LogP contribution in [-0.2, 0) is 11.6 Å². The van der Waals surface area contributed by atoms with Gasteiger partial charge in [-0.1, -0.05) is 32.0 Å². The van der Waals surface area contributed by atoms with Gasteiger partial charge in [-0.3, -0.25) is 10.2 Å². The van der Waals surface area contributed by atoms with E-state index >= 15 is 0 Å². The summed E-state index contributed by atoms with van der Waals surface area (Å²) in [4.78, 5) is 27.3. The van der Waals surface area contributed by atoms with Crippen LogP contribution < -0.4 is 15.0 Å². The molecule has 37 heavy (non-hydrogen) atoms. The van der Waals surface area contributed by atoms with Crippen molar-refractivity contribution in [1.29, 1.82) is 0 Å². The molecule has 1 aliphatic heterocycles. The van der Waals surface area contributed by atoms with Gasteiger partial charge in [-0.05, 0) is 36.1 Å². The van der Waals surface area contributed by atoms with Crippen LogP contribution >= 0.6 is 0 Å². The Labute approximate surface area is 211 Å². The number of hydrogen-bond donors (Lipinski definition) is 3. The Balaban J connectivity index is 1.62. The second kappa shape index (κ2) is 10.3. The number of carbonyl (C=O) groups is 1. The Morgan fingerprint density at radius 2 is 2.00 bits per heavy atom. The van der Waals surface area contributed by atoms with Gasteiger partial charge < -0.3 is 14.9 Å². The van der Waals surface area contributed by atoms with E-state index in [0.29, 0.717) is 24.5 Å².